The van der Waals surface area contributed by atoms with Crippen LogP contribution in [0, 0.1) is 0 Å². The molecule has 0 bridgehead atoms. The number of rotatable bonds is 3. The molecule has 4 nitrogen and oxygen atoms in total. The summed E-state index contributed by atoms with van der Waals surface area (Å²) in [6, 6.07) is 9.88. The van der Waals surface area contributed by atoms with Crippen molar-refractivity contribution in [2.75, 3.05) is 0 Å². The van der Waals surface area contributed by atoms with Gasteiger partial charge in [0.25, 0.3) is 0 Å². The van der Waals surface area contributed by atoms with Gasteiger partial charge >= 0.3 is 0 Å². The minimum Gasteiger partial charge on any atom is -0.359 e. The van der Waals surface area contributed by atoms with Crippen LogP contribution in [0.25, 0.3) is 22.0 Å². The average molecular weight is 253 g/mol. The Hall–Kier alpha value is -2.20. The van der Waals surface area contributed by atoms with Crippen LogP contribution in [0.2, 0.25) is 0 Å². The fraction of sp³-hybridized carbons (Fsp3) is 0.200. The number of benzene rings is 1. The third-order valence-electron chi connectivity index (χ3n) is 3.28. The van der Waals surface area contributed by atoms with Crippen molar-refractivity contribution in [2.45, 2.75) is 19.4 Å². The number of aromatic nitrogens is 2. The largest absolute Gasteiger partial charge is 0.359 e. The molecular weight excluding hydrogens is 238 g/mol. The van der Waals surface area contributed by atoms with Crippen LogP contribution in [-0.2, 0) is 0 Å². The van der Waals surface area contributed by atoms with E-state index in [9.17, 15) is 0 Å². The zero-order valence-electron chi connectivity index (χ0n) is 10.7. The SMILES string of the molecule is CCC(N)c1cc(-c2cncc3ccccc23)no1. The molecule has 0 spiro atoms. The molecule has 4 heteroatoms. The topological polar surface area (TPSA) is 64.9 Å². The Bertz CT molecular complexity index is 700. The summed E-state index contributed by atoms with van der Waals surface area (Å²) in [6.07, 6.45) is 4.47. The Morgan fingerprint density at radius 1 is 1.26 bits per heavy atom. The van der Waals surface area contributed by atoms with Gasteiger partial charge in [-0.3, -0.25) is 4.98 Å². The molecular formula is C15H15N3O. The van der Waals surface area contributed by atoms with Gasteiger partial charge in [0.05, 0.1) is 6.04 Å². The summed E-state index contributed by atoms with van der Waals surface area (Å²) in [5, 5.41) is 6.31. The first-order chi connectivity index (χ1) is 9.29. The minimum atomic E-state index is -0.107. The predicted molar refractivity (Wildman–Crippen MR) is 74.5 cm³/mol. The molecule has 96 valence electrons. The maximum atomic E-state index is 5.95. The second-order valence-electron chi connectivity index (χ2n) is 4.54. The first kappa shape index (κ1) is 11.9. The van der Waals surface area contributed by atoms with Gasteiger partial charge in [0.2, 0.25) is 0 Å². The van der Waals surface area contributed by atoms with Crippen LogP contribution < -0.4 is 5.73 Å². The molecule has 1 atom stereocenters. The zero-order valence-corrected chi connectivity index (χ0v) is 10.7. The van der Waals surface area contributed by atoms with E-state index in [4.69, 9.17) is 10.3 Å². The molecule has 0 saturated heterocycles. The third kappa shape index (κ3) is 2.11. The number of nitrogens with two attached hydrogens (primary N) is 1. The summed E-state index contributed by atoms with van der Waals surface area (Å²) >= 11 is 0. The highest BCUT2D eigenvalue weighted by molar-refractivity contribution is 5.94. The summed E-state index contributed by atoms with van der Waals surface area (Å²) in [4.78, 5) is 4.25. The molecule has 2 heterocycles. The maximum Gasteiger partial charge on any atom is 0.154 e. The number of fused-ring (bicyclic) bond motifs is 1. The van der Waals surface area contributed by atoms with Gasteiger partial charge in [0.15, 0.2) is 5.76 Å². The monoisotopic (exact) mass is 253 g/mol. The Morgan fingerprint density at radius 3 is 2.95 bits per heavy atom. The van der Waals surface area contributed by atoms with Gasteiger partial charge in [0.1, 0.15) is 5.69 Å². The molecule has 1 unspecified atom stereocenters. The van der Waals surface area contributed by atoms with Gasteiger partial charge in [-0.2, -0.15) is 0 Å². The zero-order chi connectivity index (χ0) is 13.2. The van der Waals surface area contributed by atoms with Gasteiger partial charge < -0.3 is 10.3 Å². The highest BCUT2D eigenvalue weighted by Gasteiger charge is 2.13. The average Bonchev–Trinajstić information content (AvgIpc) is 2.95. The lowest BCUT2D eigenvalue weighted by Gasteiger charge is -2.02. The molecule has 0 amide bonds. The Balaban J connectivity index is 2.12. The normalized spacial score (nSPS) is 12.7. The molecule has 0 fully saturated rings. The number of nitrogens with zero attached hydrogens (tertiary/aromatic N) is 2. The summed E-state index contributed by atoms with van der Waals surface area (Å²) < 4.78 is 5.32. The van der Waals surface area contributed by atoms with E-state index in [1.165, 1.54) is 0 Å². The summed E-state index contributed by atoms with van der Waals surface area (Å²) in [7, 11) is 0. The van der Waals surface area contributed by atoms with Crippen LogP contribution in [0.1, 0.15) is 25.1 Å². The fourth-order valence-corrected chi connectivity index (χ4v) is 2.11. The third-order valence-corrected chi connectivity index (χ3v) is 3.28. The van der Waals surface area contributed by atoms with Crippen molar-refractivity contribution in [1.82, 2.24) is 10.1 Å². The lowest BCUT2D eigenvalue weighted by atomic mass is 10.0. The van der Waals surface area contributed by atoms with Crippen LogP contribution >= 0.6 is 0 Å². The van der Waals surface area contributed by atoms with E-state index in [2.05, 4.69) is 16.2 Å². The number of hydrogen-bond donors (Lipinski definition) is 1. The smallest absolute Gasteiger partial charge is 0.154 e. The second-order valence-corrected chi connectivity index (χ2v) is 4.54. The molecule has 0 saturated carbocycles. The van der Waals surface area contributed by atoms with E-state index in [0.29, 0.717) is 5.76 Å². The molecule has 19 heavy (non-hydrogen) atoms. The van der Waals surface area contributed by atoms with Crippen molar-refractivity contribution in [2.24, 2.45) is 5.73 Å². The Kier molecular flexibility index (Phi) is 3.01. The molecule has 0 aliphatic rings. The highest BCUT2D eigenvalue weighted by atomic mass is 16.5. The first-order valence-electron chi connectivity index (χ1n) is 6.35. The fourth-order valence-electron chi connectivity index (χ4n) is 2.11. The quantitative estimate of drug-likeness (QED) is 0.777. The first-order valence-corrected chi connectivity index (χ1v) is 6.35. The van der Waals surface area contributed by atoms with Crippen LogP contribution in [0.3, 0.4) is 0 Å². The van der Waals surface area contributed by atoms with Gasteiger partial charge in [-0.05, 0) is 11.8 Å². The molecule has 0 aliphatic heterocycles. The lowest BCUT2D eigenvalue weighted by molar-refractivity contribution is 0.360. The van der Waals surface area contributed by atoms with Crippen molar-refractivity contribution in [3.63, 3.8) is 0 Å². The Labute approximate surface area is 111 Å². The standard InChI is InChI=1S/C15H15N3O/c1-2-13(16)15-7-14(18-19-15)12-9-17-8-10-5-3-4-6-11(10)12/h3-9,13H,2,16H2,1H3. The molecule has 3 rings (SSSR count). The minimum absolute atomic E-state index is 0.107. The van der Waals surface area contributed by atoms with Gasteiger partial charge in [-0.25, -0.2) is 0 Å². The van der Waals surface area contributed by atoms with Crippen molar-refractivity contribution >= 4 is 10.8 Å². The van der Waals surface area contributed by atoms with E-state index in [0.717, 1.165) is 28.5 Å². The van der Waals surface area contributed by atoms with Gasteiger partial charge in [0, 0.05) is 29.4 Å². The number of hydrogen-bond acceptors (Lipinski definition) is 4. The second kappa shape index (κ2) is 4.82. The molecule has 2 N–H and O–H groups in total. The van der Waals surface area contributed by atoms with Crippen molar-refractivity contribution < 1.29 is 4.52 Å². The van der Waals surface area contributed by atoms with E-state index in [-0.39, 0.29) is 6.04 Å². The van der Waals surface area contributed by atoms with Crippen molar-refractivity contribution in [3.05, 3.63) is 48.5 Å². The molecule has 2 aromatic heterocycles. The lowest BCUT2D eigenvalue weighted by Crippen LogP contribution is -2.06. The number of pyridine rings is 1. The molecule has 1 aromatic carbocycles. The van der Waals surface area contributed by atoms with E-state index >= 15 is 0 Å². The molecule has 3 aromatic rings. The molecule has 0 aliphatic carbocycles. The van der Waals surface area contributed by atoms with E-state index in [1.807, 2.05) is 37.4 Å². The molecule has 0 radical (unpaired) electrons. The highest BCUT2D eigenvalue weighted by Crippen LogP contribution is 2.28. The summed E-state index contributed by atoms with van der Waals surface area (Å²) in [6.45, 7) is 2.02. The predicted octanol–water partition coefficient (Wildman–Crippen LogP) is 3.30. The Morgan fingerprint density at radius 2 is 2.11 bits per heavy atom. The van der Waals surface area contributed by atoms with E-state index < -0.39 is 0 Å². The summed E-state index contributed by atoms with van der Waals surface area (Å²) in [5.41, 5.74) is 7.70. The van der Waals surface area contributed by atoms with Crippen molar-refractivity contribution in [1.29, 1.82) is 0 Å². The van der Waals surface area contributed by atoms with Crippen molar-refractivity contribution in [3.8, 4) is 11.3 Å². The van der Waals surface area contributed by atoms with Crippen LogP contribution in [-0.4, -0.2) is 10.1 Å². The van der Waals surface area contributed by atoms with Gasteiger partial charge in [-0.1, -0.05) is 36.3 Å². The van der Waals surface area contributed by atoms with E-state index in [1.54, 1.807) is 6.20 Å². The maximum absolute atomic E-state index is 5.95. The van der Waals surface area contributed by atoms with Crippen LogP contribution in [0.5, 0.6) is 0 Å². The van der Waals surface area contributed by atoms with Gasteiger partial charge in [-0.15, -0.1) is 0 Å². The van der Waals surface area contributed by atoms with Crippen LogP contribution in [0.15, 0.2) is 47.2 Å². The van der Waals surface area contributed by atoms with Crippen LogP contribution in [0.4, 0.5) is 0 Å². The summed E-state index contributed by atoms with van der Waals surface area (Å²) in [5.74, 6) is 0.713.